The van der Waals surface area contributed by atoms with Crippen molar-refractivity contribution < 1.29 is 9.53 Å². The molecule has 0 heterocycles. The van der Waals surface area contributed by atoms with Gasteiger partial charge in [-0.1, -0.05) is 23.8 Å². The molecule has 0 fully saturated rings. The maximum absolute atomic E-state index is 11.9. The number of hydrogen-bond donors (Lipinski definition) is 2. The van der Waals surface area contributed by atoms with Crippen LogP contribution in [0.15, 0.2) is 41.5 Å². The Hall–Kier alpha value is -2.82. The van der Waals surface area contributed by atoms with E-state index < -0.39 is 0 Å². The van der Waals surface area contributed by atoms with Crippen LogP contribution in [0.5, 0.6) is 5.75 Å². The van der Waals surface area contributed by atoms with Gasteiger partial charge in [0.2, 0.25) is 0 Å². The minimum atomic E-state index is -0.212. The third-order valence-corrected chi connectivity index (χ3v) is 3.64. The molecular formula is C19H23N3O2. The van der Waals surface area contributed by atoms with Crippen LogP contribution >= 0.6 is 0 Å². The van der Waals surface area contributed by atoms with Gasteiger partial charge in [-0.05, 0) is 44.0 Å². The van der Waals surface area contributed by atoms with Crippen molar-refractivity contribution in [3.05, 3.63) is 58.7 Å². The second kappa shape index (κ2) is 8.15. The smallest absolute Gasteiger partial charge is 0.259 e. The van der Waals surface area contributed by atoms with E-state index in [4.69, 9.17) is 4.74 Å². The van der Waals surface area contributed by atoms with Crippen LogP contribution in [0.4, 0.5) is 5.69 Å². The minimum absolute atomic E-state index is 0.135. The van der Waals surface area contributed by atoms with Gasteiger partial charge in [0, 0.05) is 17.3 Å². The summed E-state index contributed by atoms with van der Waals surface area (Å²) < 4.78 is 5.14. The average Bonchev–Trinajstić information content (AvgIpc) is 2.55. The van der Waals surface area contributed by atoms with E-state index in [9.17, 15) is 4.79 Å². The summed E-state index contributed by atoms with van der Waals surface area (Å²) in [5.41, 5.74) is 7.88. The molecule has 0 aliphatic heterocycles. The van der Waals surface area contributed by atoms with E-state index in [1.54, 1.807) is 13.3 Å². The predicted octanol–water partition coefficient (Wildman–Crippen LogP) is 3.18. The van der Waals surface area contributed by atoms with Crippen LogP contribution in [-0.4, -0.2) is 25.8 Å². The van der Waals surface area contributed by atoms with Crippen LogP contribution in [0.25, 0.3) is 0 Å². The molecule has 2 N–H and O–H groups in total. The van der Waals surface area contributed by atoms with Crippen LogP contribution in [0.2, 0.25) is 0 Å². The van der Waals surface area contributed by atoms with Gasteiger partial charge in [-0.15, -0.1) is 0 Å². The highest BCUT2D eigenvalue weighted by molar-refractivity contribution is 5.86. The second-order valence-corrected chi connectivity index (χ2v) is 5.69. The molecular weight excluding hydrogens is 302 g/mol. The number of hydrogen-bond acceptors (Lipinski definition) is 4. The number of nitrogens with one attached hydrogen (secondary N) is 2. The molecule has 0 aromatic heterocycles. The molecule has 0 radical (unpaired) electrons. The summed E-state index contributed by atoms with van der Waals surface area (Å²) in [7, 11) is 1.61. The lowest BCUT2D eigenvalue weighted by atomic mass is 10.0. The standard InChI is InChI=1S/C19H23N3O2/c1-13-8-14(2)18(15(3)9-13)11-21-22-19(23)12-20-16-6-5-7-17(10-16)24-4/h5-11,20H,12H2,1-4H3,(H,22,23)/b21-11-. The van der Waals surface area contributed by atoms with Crippen LogP contribution in [-0.2, 0) is 4.79 Å². The number of carbonyl (C=O) groups is 1. The summed E-state index contributed by atoms with van der Waals surface area (Å²) in [5.74, 6) is 0.528. The molecule has 2 aromatic rings. The van der Waals surface area contributed by atoms with Crippen molar-refractivity contribution in [2.75, 3.05) is 19.0 Å². The summed E-state index contributed by atoms with van der Waals surface area (Å²) in [6.45, 7) is 6.27. The van der Waals surface area contributed by atoms with Crippen molar-refractivity contribution in [1.29, 1.82) is 0 Å². The molecule has 5 heteroatoms. The van der Waals surface area contributed by atoms with E-state index >= 15 is 0 Å². The average molecular weight is 325 g/mol. The van der Waals surface area contributed by atoms with Gasteiger partial charge in [-0.2, -0.15) is 5.10 Å². The molecule has 0 saturated heterocycles. The molecule has 0 aliphatic rings. The van der Waals surface area contributed by atoms with Gasteiger partial charge in [-0.25, -0.2) is 5.43 Å². The largest absolute Gasteiger partial charge is 0.497 e. The Morgan fingerprint density at radius 1 is 1.17 bits per heavy atom. The summed E-state index contributed by atoms with van der Waals surface area (Å²) in [4.78, 5) is 11.9. The molecule has 2 rings (SSSR count). The molecule has 0 spiro atoms. The number of ether oxygens (including phenoxy) is 1. The van der Waals surface area contributed by atoms with E-state index in [0.717, 1.165) is 28.1 Å². The number of methoxy groups -OCH3 is 1. The van der Waals surface area contributed by atoms with Crippen molar-refractivity contribution in [3.8, 4) is 5.75 Å². The lowest BCUT2D eigenvalue weighted by molar-refractivity contribution is -0.119. The normalized spacial score (nSPS) is 10.7. The zero-order valence-electron chi connectivity index (χ0n) is 14.5. The van der Waals surface area contributed by atoms with Crippen LogP contribution in [0, 0.1) is 20.8 Å². The van der Waals surface area contributed by atoms with E-state index in [-0.39, 0.29) is 12.5 Å². The van der Waals surface area contributed by atoms with E-state index in [2.05, 4.69) is 34.9 Å². The fourth-order valence-electron chi connectivity index (χ4n) is 2.52. The zero-order chi connectivity index (χ0) is 17.5. The summed E-state index contributed by atoms with van der Waals surface area (Å²) in [6.07, 6.45) is 1.69. The minimum Gasteiger partial charge on any atom is -0.497 e. The quantitative estimate of drug-likeness (QED) is 0.633. The van der Waals surface area contributed by atoms with Crippen molar-refractivity contribution in [3.63, 3.8) is 0 Å². The Morgan fingerprint density at radius 3 is 2.54 bits per heavy atom. The Morgan fingerprint density at radius 2 is 1.88 bits per heavy atom. The van der Waals surface area contributed by atoms with Crippen molar-refractivity contribution in [1.82, 2.24) is 5.43 Å². The predicted molar refractivity (Wildman–Crippen MR) is 97.9 cm³/mol. The molecule has 0 saturated carbocycles. The summed E-state index contributed by atoms with van der Waals surface area (Å²) >= 11 is 0. The molecule has 0 unspecified atom stereocenters. The monoisotopic (exact) mass is 325 g/mol. The fraction of sp³-hybridized carbons (Fsp3) is 0.263. The highest BCUT2D eigenvalue weighted by Gasteiger charge is 2.03. The number of hydrazone groups is 1. The third-order valence-electron chi connectivity index (χ3n) is 3.64. The van der Waals surface area contributed by atoms with Crippen molar-refractivity contribution >= 4 is 17.8 Å². The lowest BCUT2D eigenvalue weighted by Gasteiger charge is -2.08. The van der Waals surface area contributed by atoms with Gasteiger partial charge in [0.1, 0.15) is 5.75 Å². The first kappa shape index (κ1) is 17.5. The lowest BCUT2D eigenvalue weighted by Crippen LogP contribution is -2.25. The number of anilines is 1. The second-order valence-electron chi connectivity index (χ2n) is 5.69. The number of benzene rings is 2. The zero-order valence-corrected chi connectivity index (χ0v) is 14.5. The van der Waals surface area contributed by atoms with Crippen LogP contribution in [0.3, 0.4) is 0 Å². The highest BCUT2D eigenvalue weighted by atomic mass is 16.5. The Kier molecular flexibility index (Phi) is 5.95. The van der Waals surface area contributed by atoms with Crippen LogP contribution < -0.4 is 15.5 Å². The third kappa shape index (κ3) is 4.84. The SMILES string of the molecule is COc1cccc(NCC(=O)N/N=C\c2c(C)cc(C)cc2C)c1. The molecule has 5 nitrogen and oxygen atoms in total. The summed E-state index contributed by atoms with van der Waals surface area (Å²) in [5, 5.41) is 7.08. The Labute approximate surface area is 142 Å². The molecule has 0 bridgehead atoms. The first-order chi connectivity index (χ1) is 11.5. The number of carbonyl (C=O) groups excluding carboxylic acids is 1. The van der Waals surface area contributed by atoms with Gasteiger partial charge in [0.25, 0.3) is 5.91 Å². The topological polar surface area (TPSA) is 62.7 Å². The molecule has 1 amide bonds. The van der Waals surface area contributed by atoms with E-state index in [0.29, 0.717) is 0 Å². The highest BCUT2D eigenvalue weighted by Crippen LogP contribution is 2.16. The van der Waals surface area contributed by atoms with Gasteiger partial charge >= 0.3 is 0 Å². The number of aryl methyl sites for hydroxylation is 3. The maximum Gasteiger partial charge on any atom is 0.259 e. The molecule has 126 valence electrons. The van der Waals surface area contributed by atoms with Crippen molar-refractivity contribution in [2.24, 2.45) is 5.10 Å². The van der Waals surface area contributed by atoms with Gasteiger partial charge < -0.3 is 10.1 Å². The fourth-order valence-corrected chi connectivity index (χ4v) is 2.52. The van der Waals surface area contributed by atoms with E-state index in [1.165, 1.54) is 5.56 Å². The number of amides is 1. The maximum atomic E-state index is 11.9. The first-order valence-electron chi connectivity index (χ1n) is 7.77. The first-order valence-corrected chi connectivity index (χ1v) is 7.77. The van der Waals surface area contributed by atoms with Gasteiger partial charge in [0.05, 0.1) is 19.9 Å². The van der Waals surface area contributed by atoms with Gasteiger partial charge in [-0.3, -0.25) is 4.79 Å². The molecule has 2 aromatic carbocycles. The van der Waals surface area contributed by atoms with Crippen molar-refractivity contribution in [2.45, 2.75) is 20.8 Å². The summed E-state index contributed by atoms with van der Waals surface area (Å²) in [6, 6.07) is 11.6. The number of nitrogens with zero attached hydrogens (tertiary/aromatic N) is 1. The number of rotatable bonds is 6. The van der Waals surface area contributed by atoms with E-state index in [1.807, 2.05) is 38.1 Å². The van der Waals surface area contributed by atoms with Gasteiger partial charge in [0.15, 0.2) is 0 Å². The Bertz CT molecular complexity index is 731. The Balaban J connectivity index is 1.89. The molecule has 0 atom stereocenters. The molecule has 24 heavy (non-hydrogen) atoms. The molecule has 0 aliphatic carbocycles. The van der Waals surface area contributed by atoms with Crippen LogP contribution in [0.1, 0.15) is 22.3 Å².